The molecule has 2 rings (SSSR count). The molecule has 0 fully saturated rings. The van der Waals surface area contributed by atoms with Gasteiger partial charge in [0.15, 0.2) is 0 Å². The summed E-state index contributed by atoms with van der Waals surface area (Å²) in [6.07, 6.45) is -4.39. The van der Waals surface area contributed by atoms with E-state index in [1.165, 1.54) is 12.1 Å². The zero-order valence-electron chi connectivity index (χ0n) is 12.7. The predicted molar refractivity (Wildman–Crippen MR) is 84.3 cm³/mol. The highest BCUT2D eigenvalue weighted by atomic mass is 19.4. The molecule has 0 aliphatic carbocycles. The molecule has 1 amide bonds. The summed E-state index contributed by atoms with van der Waals surface area (Å²) in [5, 5.41) is 5.63. The molecule has 0 saturated carbocycles. The van der Waals surface area contributed by atoms with Gasteiger partial charge in [0.1, 0.15) is 6.04 Å². The van der Waals surface area contributed by atoms with Crippen molar-refractivity contribution in [2.75, 3.05) is 10.6 Å². The Morgan fingerprint density at radius 1 is 1.04 bits per heavy atom. The number of aryl methyl sites for hydroxylation is 1. The van der Waals surface area contributed by atoms with Gasteiger partial charge in [0, 0.05) is 11.4 Å². The van der Waals surface area contributed by atoms with Gasteiger partial charge in [0.2, 0.25) is 5.91 Å². The molecular weight excluding hydrogens is 305 g/mol. The van der Waals surface area contributed by atoms with E-state index in [4.69, 9.17) is 0 Å². The van der Waals surface area contributed by atoms with E-state index in [0.717, 1.165) is 23.4 Å². The highest BCUT2D eigenvalue weighted by Crippen LogP contribution is 2.29. The minimum absolute atomic E-state index is 0.320. The molecule has 0 spiro atoms. The van der Waals surface area contributed by atoms with E-state index in [1.54, 1.807) is 6.92 Å². The van der Waals surface area contributed by atoms with E-state index in [2.05, 4.69) is 10.6 Å². The van der Waals surface area contributed by atoms with Crippen molar-refractivity contribution in [3.8, 4) is 0 Å². The molecule has 1 atom stereocenters. The zero-order valence-corrected chi connectivity index (χ0v) is 12.7. The Balaban J connectivity index is 1.98. The molecule has 0 aromatic heterocycles. The van der Waals surface area contributed by atoms with Crippen molar-refractivity contribution in [3.63, 3.8) is 0 Å². The monoisotopic (exact) mass is 322 g/mol. The van der Waals surface area contributed by atoms with Crippen LogP contribution < -0.4 is 10.6 Å². The summed E-state index contributed by atoms with van der Waals surface area (Å²) in [5.41, 5.74) is 1.44. The maximum atomic E-state index is 12.5. The molecule has 23 heavy (non-hydrogen) atoms. The van der Waals surface area contributed by atoms with E-state index < -0.39 is 17.8 Å². The van der Waals surface area contributed by atoms with Crippen LogP contribution in [0.25, 0.3) is 0 Å². The van der Waals surface area contributed by atoms with Gasteiger partial charge in [-0.25, -0.2) is 0 Å². The SMILES string of the molecule is Cc1cccc(N[C@@H](C)C(=O)Nc2ccc(C(F)(F)F)cc2)c1. The van der Waals surface area contributed by atoms with Crippen molar-refractivity contribution in [3.05, 3.63) is 59.7 Å². The number of alkyl halides is 3. The molecule has 122 valence electrons. The van der Waals surface area contributed by atoms with Crippen LogP contribution in [0.1, 0.15) is 18.1 Å². The molecule has 0 aliphatic rings. The number of carbonyl (C=O) groups is 1. The van der Waals surface area contributed by atoms with Crippen LogP contribution >= 0.6 is 0 Å². The van der Waals surface area contributed by atoms with Crippen LogP contribution in [-0.2, 0) is 11.0 Å². The van der Waals surface area contributed by atoms with Gasteiger partial charge in [0.25, 0.3) is 0 Å². The normalized spacial score (nSPS) is 12.6. The van der Waals surface area contributed by atoms with Crippen LogP contribution in [0.2, 0.25) is 0 Å². The average molecular weight is 322 g/mol. The number of halogens is 3. The third kappa shape index (κ3) is 4.74. The van der Waals surface area contributed by atoms with Crippen LogP contribution in [-0.4, -0.2) is 11.9 Å². The third-order valence-corrected chi connectivity index (χ3v) is 3.27. The Bertz CT molecular complexity index is 681. The average Bonchev–Trinajstić information content (AvgIpc) is 2.46. The van der Waals surface area contributed by atoms with Gasteiger partial charge in [0.05, 0.1) is 5.56 Å². The lowest BCUT2D eigenvalue weighted by molar-refractivity contribution is -0.137. The largest absolute Gasteiger partial charge is 0.416 e. The van der Waals surface area contributed by atoms with Crippen LogP contribution in [0, 0.1) is 6.92 Å². The highest BCUT2D eigenvalue weighted by molar-refractivity contribution is 5.96. The van der Waals surface area contributed by atoms with Gasteiger partial charge < -0.3 is 10.6 Å². The number of hydrogen-bond donors (Lipinski definition) is 2. The zero-order chi connectivity index (χ0) is 17.0. The van der Waals surface area contributed by atoms with Crippen molar-refractivity contribution >= 4 is 17.3 Å². The summed E-state index contributed by atoms with van der Waals surface area (Å²) >= 11 is 0. The van der Waals surface area contributed by atoms with Crippen molar-refractivity contribution in [2.45, 2.75) is 26.1 Å². The van der Waals surface area contributed by atoms with Gasteiger partial charge in [-0.15, -0.1) is 0 Å². The fourth-order valence-electron chi connectivity index (χ4n) is 2.04. The van der Waals surface area contributed by atoms with Gasteiger partial charge in [-0.05, 0) is 55.8 Å². The molecule has 0 aliphatic heterocycles. The van der Waals surface area contributed by atoms with Crippen molar-refractivity contribution < 1.29 is 18.0 Å². The Morgan fingerprint density at radius 3 is 2.26 bits per heavy atom. The number of hydrogen-bond acceptors (Lipinski definition) is 2. The number of amides is 1. The second-order valence-electron chi connectivity index (χ2n) is 5.30. The summed E-state index contributed by atoms with van der Waals surface area (Å²) in [6.45, 7) is 3.62. The van der Waals surface area contributed by atoms with Gasteiger partial charge in [-0.3, -0.25) is 4.79 Å². The molecule has 2 aromatic rings. The second-order valence-corrected chi connectivity index (χ2v) is 5.30. The molecule has 6 heteroatoms. The molecule has 3 nitrogen and oxygen atoms in total. The Morgan fingerprint density at radius 2 is 1.70 bits per heavy atom. The quantitative estimate of drug-likeness (QED) is 0.873. The lowest BCUT2D eigenvalue weighted by Crippen LogP contribution is -2.31. The lowest BCUT2D eigenvalue weighted by Gasteiger charge is -2.16. The number of benzene rings is 2. The van der Waals surface area contributed by atoms with E-state index in [0.29, 0.717) is 5.69 Å². The fourth-order valence-corrected chi connectivity index (χ4v) is 2.04. The van der Waals surface area contributed by atoms with Crippen molar-refractivity contribution in [2.24, 2.45) is 0 Å². The first-order valence-electron chi connectivity index (χ1n) is 7.07. The lowest BCUT2D eigenvalue weighted by atomic mass is 10.2. The summed E-state index contributed by atoms with van der Waals surface area (Å²) in [5.74, 6) is -0.328. The molecule has 2 N–H and O–H groups in total. The van der Waals surface area contributed by atoms with E-state index >= 15 is 0 Å². The highest BCUT2D eigenvalue weighted by Gasteiger charge is 2.30. The first-order valence-corrected chi connectivity index (χ1v) is 7.07. The second kappa shape index (κ2) is 6.73. The van der Waals surface area contributed by atoms with Gasteiger partial charge >= 0.3 is 6.18 Å². The topological polar surface area (TPSA) is 41.1 Å². The van der Waals surface area contributed by atoms with Crippen LogP contribution in [0.4, 0.5) is 24.5 Å². The molecule has 0 bridgehead atoms. The Kier molecular flexibility index (Phi) is 4.93. The molecule has 0 saturated heterocycles. The van der Waals surface area contributed by atoms with Gasteiger partial charge in [-0.2, -0.15) is 13.2 Å². The van der Waals surface area contributed by atoms with E-state index in [-0.39, 0.29) is 5.91 Å². The molecule has 0 radical (unpaired) electrons. The van der Waals surface area contributed by atoms with Crippen LogP contribution in [0.5, 0.6) is 0 Å². The van der Waals surface area contributed by atoms with Crippen LogP contribution in [0.3, 0.4) is 0 Å². The minimum atomic E-state index is -4.39. The van der Waals surface area contributed by atoms with E-state index in [9.17, 15) is 18.0 Å². The van der Waals surface area contributed by atoms with Gasteiger partial charge in [-0.1, -0.05) is 12.1 Å². The standard InChI is InChI=1S/C17H17F3N2O/c1-11-4-3-5-15(10-11)21-12(2)16(23)22-14-8-6-13(7-9-14)17(18,19)20/h3-10,12,21H,1-2H3,(H,22,23)/t12-/m0/s1. The predicted octanol–water partition coefficient (Wildman–Crippen LogP) is 4.45. The Labute approximate surface area is 132 Å². The summed E-state index contributed by atoms with van der Waals surface area (Å²) in [7, 11) is 0. The maximum Gasteiger partial charge on any atom is 0.416 e. The first-order chi connectivity index (χ1) is 10.8. The molecule has 0 heterocycles. The molecule has 2 aromatic carbocycles. The fraction of sp³-hybridized carbons (Fsp3) is 0.235. The van der Waals surface area contributed by atoms with Crippen LogP contribution in [0.15, 0.2) is 48.5 Å². The van der Waals surface area contributed by atoms with Crippen molar-refractivity contribution in [1.82, 2.24) is 0 Å². The van der Waals surface area contributed by atoms with E-state index in [1.807, 2.05) is 31.2 Å². The third-order valence-electron chi connectivity index (χ3n) is 3.27. The molecular formula is C17H17F3N2O. The van der Waals surface area contributed by atoms with Crippen molar-refractivity contribution in [1.29, 1.82) is 0 Å². The summed E-state index contributed by atoms with van der Waals surface area (Å²) in [4.78, 5) is 12.1. The first kappa shape index (κ1) is 16.9. The maximum absolute atomic E-state index is 12.5. The number of nitrogens with one attached hydrogen (secondary N) is 2. The summed E-state index contributed by atoms with van der Waals surface area (Å²) in [6, 6.07) is 11.4. The number of carbonyl (C=O) groups excluding carboxylic acids is 1. The number of rotatable bonds is 4. The Hall–Kier alpha value is -2.50. The summed E-state index contributed by atoms with van der Waals surface area (Å²) < 4.78 is 37.5. The smallest absolute Gasteiger partial charge is 0.374 e. The number of anilines is 2. The minimum Gasteiger partial charge on any atom is -0.374 e. The molecule has 0 unspecified atom stereocenters.